The molecule has 0 aliphatic heterocycles. The highest BCUT2D eigenvalue weighted by Gasteiger charge is 2.27. The zero-order valence-corrected chi connectivity index (χ0v) is 11.4. The van der Waals surface area contributed by atoms with E-state index in [4.69, 9.17) is 0 Å². The number of hydrogen-bond acceptors (Lipinski definition) is 2. The Balaban J connectivity index is 2.05. The monoisotopic (exact) mass is 269 g/mol. The first-order valence-electron chi connectivity index (χ1n) is 6.87. The molecule has 0 heterocycles. The molecular formula is C15H21F2NO. The van der Waals surface area contributed by atoms with Gasteiger partial charge < -0.3 is 10.1 Å². The average Bonchev–Trinajstić information content (AvgIpc) is 2.34. The Labute approximate surface area is 113 Å². The largest absolute Gasteiger partial charge is 0.435 e. The van der Waals surface area contributed by atoms with Gasteiger partial charge in [-0.25, -0.2) is 0 Å². The zero-order valence-electron chi connectivity index (χ0n) is 11.4. The molecule has 1 N–H and O–H groups in total. The molecule has 0 spiro atoms. The van der Waals surface area contributed by atoms with Crippen LogP contribution in [0.25, 0.3) is 0 Å². The summed E-state index contributed by atoms with van der Waals surface area (Å²) in [7, 11) is 0. The maximum absolute atomic E-state index is 12.2. The predicted octanol–water partition coefficient (Wildman–Crippen LogP) is 4.52. The van der Waals surface area contributed by atoms with Gasteiger partial charge in [0.25, 0.3) is 0 Å². The van der Waals surface area contributed by atoms with Crippen molar-refractivity contribution in [3.05, 3.63) is 24.3 Å². The van der Waals surface area contributed by atoms with Crippen LogP contribution in [0.5, 0.6) is 5.75 Å². The lowest BCUT2D eigenvalue weighted by Crippen LogP contribution is -2.37. The Bertz CT molecular complexity index is 401. The van der Waals surface area contributed by atoms with Crippen molar-refractivity contribution in [2.75, 3.05) is 5.32 Å². The Morgan fingerprint density at radius 1 is 1.21 bits per heavy atom. The maximum atomic E-state index is 12.2. The molecule has 1 aromatic rings. The van der Waals surface area contributed by atoms with Crippen molar-refractivity contribution in [1.29, 1.82) is 0 Å². The first kappa shape index (κ1) is 14.1. The summed E-state index contributed by atoms with van der Waals surface area (Å²) in [4.78, 5) is 0. The van der Waals surface area contributed by atoms with Gasteiger partial charge in [0.1, 0.15) is 5.75 Å². The van der Waals surface area contributed by atoms with Gasteiger partial charge >= 0.3 is 6.61 Å². The first-order valence-corrected chi connectivity index (χ1v) is 6.87. The zero-order chi connectivity index (χ0) is 13.8. The lowest BCUT2D eigenvalue weighted by atomic mass is 9.78. The summed E-state index contributed by atoms with van der Waals surface area (Å²) in [6.07, 6.45) is 3.71. The minimum absolute atomic E-state index is 0.205. The number of alkyl halides is 2. The molecule has 0 amide bonds. The van der Waals surface area contributed by atoms with Crippen molar-refractivity contribution in [2.24, 2.45) is 11.8 Å². The van der Waals surface area contributed by atoms with Crippen molar-refractivity contribution in [3.8, 4) is 5.75 Å². The fourth-order valence-electron chi connectivity index (χ4n) is 2.92. The Kier molecular flexibility index (Phi) is 4.61. The Hall–Kier alpha value is -1.32. The van der Waals surface area contributed by atoms with Crippen LogP contribution < -0.4 is 10.1 Å². The van der Waals surface area contributed by atoms with Gasteiger partial charge in [-0.05, 0) is 36.8 Å². The summed E-state index contributed by atoms with van der Waals surface area (Å²) in [5, 5.41) is 3.47. The van der Waals surface area contributed by atoms with E-state index in [1.165, 1.54) is 19.3 Å². The maximum Gasteiger partial charge on any atom is 0.387 e. The topological polar surface area (TPSA) is 21.3 Å². The van der Waals surface area contributed by atoms with Crippen LogP contribution in [0.3, 0.4) is 0 Å². The van der Waals surface area contributed by atoms with E-state index in [0.29, 0.717) is 17.9 Å². The molecular weight excluding hydrogens is 248 g/mol. The van der Waals surface area contributed by atoms with Gasteiger partial charge in [0.05, 0.1) is 0 Å². The van der Waals surface area contributed by atoms with Crippen LogP contribution in [0.15, 0.2) is 24.3 Å². The van der Waals surface area contributed by atoms with Gasteiger partial charge in [0.15, 0.2) is 0 Å². The molecule has 0 saturated heterocycles. The average molecular weight is 269 g/mol. The van der Waals surface area contributed by atoms with Crippen molar-refractivity contribution in [2.45, 2.75) is 45.8 Å². The third-order valence-electron chi connectivity index (χ3n) is 3.94. The van der Waals surface area contributed by atoms with Crippen molar-refractivity contribution in [3.63, 3.8) is 0 Å². The van der Waals surface area contributed by atoms with Crippen molar-refractivity contribution in [1.82, 2.24) is 0 Å². The second kappa shape index (κ2) is 6.22. The fraction of sp³-hybridized carbons (Fsp3) is 0.600. The van der Waals surface area contributed by atoms with Crippen molar-refractivity contribution >= 4 is 5.69 Å². The second-order valence-electron chi connectivity index (χ2n) is 5.46. The highest BCUT2D eigenvalue weighted by molar-refractivity contribution is 5.49. The highest BCUT2D eigenvalue weighted by Crippen LogP contribution is 2.32. The van der Waals surface area contributed by atoms with E-state index in [2.05, 4.69) is 23.9 Å². The standard InChI is InChI=1S/C15H21F2NO/c1-10-5-3-6-11(2)14(10)18-12-7-4-8-13(9-12)19-15(16)17/h4,7-11,14-15,18H,3,5-6H2,1-2H3. The number of rotatable bonds is 4. The molecule has 0 bridgehead atoms. The third kappa shape index (κ3) is 3.82. The molecule has 1 aliphatic rings. The molecule has 1 fully saturated rings. The number of halogens is 2. The normalized spacial score (nSPS) is 27.3. The van der Waals surface area contributed by atoms with Gasteiger partial charge in [-0.3, -0.25) is 0 Å². The fourth-order valence-corrected chi connectivity index (χ4v) is 2.92. The Morgan fingerprint density at radius 3 is 2.53 bits per heavy atom. The number of nitrogens with one attached hydrogen (secondary N) is 1. The number of hydrogen-bond donors (Lipinski definition) is 1. The summed E-state index contributed by atoms with van der Waals surface area (Å²) in [5.41, 5.74) is 0.851. The summed E-state index contributed by atoms with van der Waals surface area (Å²) in [5.74, 6) is 1.41. The molecule has 1 saturated carbocycles. The van der Waals surface area contributed by atoms with Crippen LogP contribution in [0.1, 0.15) is 33.1 Å². The van der Waals surface area contributed by atoms with Crippen molar-refractivity contribution < 1.29 is 13.5 Å². The van der Waals surface area contributed by atoms with E-state index in [1.54, 1.807) is 18.2 Å². The molecule has 19 heavy (non-hydrogen) atoms. The third-order valence-corrected chi connectivity index (χ3v) is 3.94. The molecule has 1 aromatic carbocycles. The van der Waals surface area contributed by atoms with Crippen LogP contribution in [-0.4, -0.2) is 12.7 Å². The quantitative estimate of drug-likeness (QED) is 0.867. The summed E-state index contributed by atoms with van der Waals surface area (Å²) in [6.45, 7) is 1.71. The van der Waals surface area contributed by atoms with Crippen LogP contribution in [0.2, 0.25) is 0 Å². The minimum Gasteiger partial charge on any atom is -0.435 e. The van der Waals surface area contributed by atoms with Crippen LogP contribution in [0, 0.1) is 11.8 Å². The highest BCUT2D eigenvalue weighted by atomic mass is 19.3. The summed E-state index contributed by atoms with van der Waals surface area (Å²) < 4.78 is 28.8. The van der Waals surface area contributed by atoms with Gasteiger partial charge in [0.2, 0.25) is 0 Å². The van der Waals surface area contributed by atoms with Gasteiger partial charge in [-0.15, -0.1) is 0 Å². The van der Waals surface area contributed by atoms with E-state index in [1.807, 2.05) is 6.07 Å². The molecule has 106 valence electrons. The molecule has 2 atom stereocenters. The van der Waals surface area contributed by atoms with Crippen LogP contribution in [0.4, 0.5) is 14.5 Å². The van der Waals surface area contributed by atoms with Gasteiger partial charge in [0, 0.05) is 17.8 Å². The van der Waals surface area contributed by atoms with Crippen LogP contribution in [-0.2, 0) is 0 Å². The van der Waals surface area contributed by atoms with E-state index in [-0.39, 0.29) is 5.75 Å². The minimum atomic E-state index is -2.78. The predicted molar refractivity (Wildman–Crippen MR) is 72.7 cm³/mol. The Morgan fingerprint density at radius 2 is 1.89 bits per heavy atom. The van der Waals surface area contributed by atoms with E-state index >= 15 is 0 Å². The van der Waals surface area contributed by atoms with E-state index in [0.717, 1.165) is 5.69 Å². The second-order valence-corrected chi connectivity index (χ2v) is 5.46. The van der Waals surface area contributed by atoms with Gasteiger partial charge in [-0.2, -0.15) is 8.78 Å². The molecule has 0 aromatic heterocycles. The summed E-state index contributed by atoms with van der Waals surface area (Å²) in [6, 6.07) is 7.21. The lowest BCUT2D eigenvalue weighted by molar-refractivity contribution is -0.0498. The molecule has 4 heteroatoms. The molecule has 1 aliphatic carbocycles. The number of benzene rings is 1. The molecule has 2 rings (SSSR count). The number of ether oxygens (including phenoxy) is 1. The molecule has 2 nitrogen and oxygen atoms in total. The number of anilines is 1. The summed E-state index contributed by atoms with van der Waals surface area (Å²) >= 11 is 0. The van der Waals surface area contributed by atoms with Crippen LogP contribution >= 0.6 is 0 Å². The van der Waals surface area contributed by atoms with E-state index < -0.39 is 6.61 Å². The smallest absolute Gasteiger partial charge is 0.387 e. The van der Waals surface area contributed by atoms with E-state index in [9.17, 15) is 8.78 Å². The first-order chi connectivity index (χ1) is 9.06. The molecule has 0 radical (unpaired) electrons. The SMILES string of the molecule is CC1CCCC(C)C1Nc1cccc(OC(F)F)c1. The van der Waals surface area contributed by atoms with Gasteiger partial charge in [-0.1, -0.05) is 26.3 Å². The lowest BCUT2D eigenvalue weighted by Gasteiger charge is -2.36. The molecule has 2 unspecified atom stereocenters.